The quantitative estimate of drug-likeness (QED) is 0.833. The van der Waals surface area contributed by atoms with Crippen LogP contribution in [0.15, 0.2) is 48.7 Å². The third kappa shape index (κ3) is 2.47. The van der Waals surface area contributed by atoms with E-state index in [4.69, 9.17) is 9.47 Å². The van der Waals surface area contributed by atoms with E-state index in [1.165, 1.54) is 0 Å². The molecule has 4 heterocycles. The second kappa shape index (κ2) is 6.32. The minimum absolute atomic E-state index is 0.0107. The summed E-state index contributed by atoms with van der Waals surface area (Å²) in [7, 11) is 1.64. The van der Waals surface area contributed by atoms with Gasteiger partial charge in [-0.25, -0.2) is 4.98 Å². The van der Waals surface area contributed by atoms with E-state index >= 15 is 0 Å². The van der Waals surface area contributed by atoms with Crippen LogP contribution in [-0.2, 0) is 16.1 Å². The molecule has 6 heteroatoms. The van der Waals surface area contributed by atoms with Crippen LogP contribution in [0.3, 0.4) is 0 Å². The first-order chi connectivity index (χ1) is 13.2. The molecule has 3 fully saturated rings. The Labute approximate surface area is 158 Å². The van der Waals surface area contributed by atoms with Crippen LogP contribution in [0, 0.1) is 0 Å². The summed E-state index contributed by atoms with van der Waals surface area (Å²) in [4.78, 5) is 21.6. The lowest BCUT2D eigenvalue weighted by Gasteiger charge is -2.33. The van der Waals surface area contributed by atoms with Crippen molar-refractivity contribution in [1.82, 2.24) is 14.8 Å². The Morgan fingerprint density at radius 2 is 2.11 bits per heavy atom. The van der Waals surface area contributed by atoms with Crippen LogP contribution in [-0.4, -0.2) is 52.7 Å². The Balaban J connectivity index is 1.42. The summed E-state index contributed by atoms with van der Waals surface area (Å²) < 4.78 is 11.8. The minimum atomic E-state index is -0.493. The number of amides is 1. The fraction of sp³-hybridized carbons (Fsp3) is 0.429. The van der Waals surface area contributed by atoms with Gasteiger partial charge in [-0.1, -0.05) is 36.4 Å². The van der Waals surface area contributed by atoms with Crippen LogP contribution in [0.25, 0.3) is 0 Å². The number of likely N-dealkylation sites (tertiary alicyclic amines) is 1. The van der Waals surface area contributed by atoms with Gasteiger partial charge in [0, 0.05) is 37.7 Å². The van der Waals surface area contributed by atoms with E-state index in [1.807, 2.05) is 35.2 Å². The van der Waals surface area contributed by atoms with Crippen molar-refractivity contribution in [2.45, 2.75) is 37.2 Å². The molecule has 3 aliphatic rings. The SMILES string of the molecule is COc1ncccc1CN1CC[C@@]23OC[C@@H](c4ccccc4)N2C(=O)C[C@@H]13. The van der Waals surface area contributed by atoms with Crippen LogP contribution in [0.4, 0.5) is 0 Å². The zero-order valence-corrected chi connectivity index (χ0v) is 15.4. The van der Waals surface area contributed by atoms with Gasteiger partial charge in [0.2, 0.25) is 11.8 Å². The Bertz CT molecular complexity index is 859. The van der Waals surface area contributed by atoms with E-state index < -0.39 is 5.72 Å². The smallest absolute Gasteiger partial charge is 0.227 e. The molecule has 2 aromatic rings. The molecule has 3 atom stereocenters. The molecule has 0 saturated carbocycles. The molecule has 3 saturated heterocycles. The molecule has 3 aliphatic heterocycles. The number of hydrogen-bond acceptors (Lipinski definition) is 5. The lowest BCUT2D eigenvalue weighted by Crippen LogP contribution is -2.48. The van der Waals surface area contributed by atoms with Gasteiger partial charge in [-0.3, -0.25) is 9.69 Å². The number of nitrogens with zero attached hydrogens (tertiary/aromatic N) is 3. The summed E-state index contributed by atoms with van der Waals surface area (Å²) in [6.45, 7) is 2.17. The van der Waals surface area contributed by atoms with Crippen molar-refractivity contribution in [1.29, 1.82) is 0 Å². The number of carbonyl (C=O) groups is 1. The second-order valence-electron chi connectivity index (χ2n) is 7.46. The minimum Gasteiger partial charge on any atom is -0.481 e. The van der Waals surface area contributed by atoms with Gasteiger partial charge in [0.05, 0.1) is 25.8 Å². The summed E-state index contributed by atoms with van der Waals surface area (Å²) in [6, 6.07) is 14.3. The Hall–Kier alpha value is -2.44. The molecule has 1 amide bonds. The fourth-order valence-corrected chi connectivity index (χ4v) is 4.99. The number of carbonyl (C=O) groups excluding carboxylic acids is 1. The van der Waals surface area contributed by atoms with Crippen LogP contribution >= 0.6 is 0 Å². The maximum Gasteiger partial charge on any atom is 0.227 e. The molecular formula is C21H23N3O3. The van der Waals surface area contributed by atoms with E-state index in [1.54, 1.807) is 13.3 Å². The van der Waals surface area contributed by atoms with Gasteiger partial charge in [-0.2, -0.15) is 0 Å². The van der Waals surface area contributed by atoms with Crippen LogP contribution in [0.2, 0.25) is 0 Å². The van der Waals surface area contributed by atoms with E-state index in [0.29, 0.717) is 25.5 Å². The summed E-state index contributed by atoms with van der Waals surface area (Å²) in [5, 5.41) is 0. The molecule has 0 radical (unpaired) electrons. The van der Waals surface area contributed by atoms with Crippen LogP contribution < -0.4 is 4.74 Å². The number of benzene rings is 1. The number of ether oxygens (including phenoxy) is 2. The highest BCUT2D eigenvalue weighted by atomic mass is 16.5. The van der Waals surface area contributed by atoms with Gasteiger partial charge in [0.25, 0.3) is 0 Å². The van der Waals surface area contributed by atoms with Gasteiger partial charge in [0.15, 0.2) is 5.72 Å². The maximum absolute atomic E-state index is 13.0. The number of aromatic nitrogens is 1. The highest BCUT2D eigenvalue weighted by molar-refractivity contribution is 5.82. The molecule has 140 valence electrons. The van der Waals surface area contributed by atoms with E-state index in [9.17, 15) is 4.79 Å². The summed E-state index contributed by atoms with van der Waals surface area (Å²) in [5.74, 6) is 0.836. The van der Waals surface area contributed by atoms with Crippen molar-refractivity contribution < 1.29 is 14.3 Å². The van der Waals surface area contributed by atoms with Gasteiger partial charge in [0.1, 0.15) is 0 Å². The summed E-state index contributed by atoms with van der Waals surface area (Å²) in [5.41, 5.74) is 1.70. The van der Waals surface area contributed by atoms with Gasteiger partial charge in [-0.15, -0.1) is 0 Å². The normalized spacial score (nSPS) is 29.8. The van der Waals surface area contributed by atoms with Gasteiger partial charge < -0.3 is 14.4 Å². The monoisotopic (exact) mass is 365 g/mol. The first-order valence-corrected chi connectivity index (χ1v) is 9.46. The van der Waals surface area contributed by atoms with Crippen molar-refractivity contribution in [2.75, 3.05) is 20.3 Å². The first kappa shape index (κ1) is 16.7. The molecule has 1 spiro atoms. The molecule has 6 nitrogen and oxygen atoms in total. The third-order valence-corrected chi connectivity index (χ3v) is 6.17. The highest BCUT2D eigenvalue weighted by Crippen LogP contribution is 2.51. The average Bonchev–Trinajstić information content (AvgIpc) is 3.33. The third-order valence-electron chi connectivity index (χ3n) is 6.17. The largest absolute Gasteiger partial charge is 0.481 e. The van der Waals surface area contributed by atoms with E-state index in [-0.39, 0.29) is 18.0 Å². The zero-order chi connectivity index (χ0) is 18.4. The molecule has 0 unspecified atom stereocenters. The van der Waals surface area contributed by atoms with Crippen molar-refractivity contribution in [3.8, 4) is 5.88 Å². The number of hydrogen-bond donors (Lipinski definition) is 0. The van der Waals surface area contributed by atoms with E-state index in [0.717, 1.165) is 24.1 Å². The predicted octanol–water partition coefficient (Wildman–Crippen LogP) is 2.36. The molecule has 0 aliphatic carbocycles. The van der Waals surface area contributed by atoms with Crippen molar-refractivity contribution >= 4 is 5.91 Å². The number of methoxy groups -OCH3 is 1. The van der Waals surface area contributed by atoms with Gasteiger partial charge >= 0.3 is 0 Å². The molecule has 1 aromatic carbocycles. The van der Waals surface area contributed by atoms with Gasteiger partial charge in [-0.05, 0) is 11.6 Å². The molecule has 1 aromatic heterocycles. The molecule has 0 bridgehead atoms. The van der Waals surface area contributed by atoms with Crippen molar-refractivity contribution in [3.63, 3.8) is 0 Å². The Morgan fingerprint density at radius 3 is 2.93 bits per heavy atom. The summed E-state index contributed by atoms with van der Waals surface area (Å²) >= 11 is 0. The highest BCUT2D eigenvalue weighted by Gasteiger charge is 2.64. The Kier molecular flexibility index (Phi) is 3.91. The van der Waals surface area contributed by atoms with E-state index in [2.05, 4.69) is 22.0 Å². The van der Waals surface area contributed by atoms with Crippen LogP contribution in [0.5, 0.6) is 5.88 Å². The summed E-state index contributed by atoms with van der Waals surface area (Å²) in [6.07, 6.45) is 3.08. The second-order valence-corrected chi connectivity index (χ2v) is 7.46. The lowest BCUT2D eigenvalue weighted by molar-refractivity contribution is -0.138. The Morgan fingerprint density at radius 1 is 1.26 bits per heavy atom. The topological polar surface area (TPSA) is 54.9 Å². The van der Waals surface area contributed by atoms with Crippen LogP contribution in [0.1, 0.15) is 30.0 Å². The molecular weight excluding hydrogens is 342 g/mol. The number of rotatable bonds is 4. The molecule has 0 N–H and O–H groups in total. The maximum atomic E-state index is 13.0. The standard InChI is InChI=1S/C21H23N3O3/c1-26-20-16(8-5-10-22-20)13-23-11-9-21-18(23)12-19(25)24(21)17(14-27-21)15-6-3-2-4-7-15/h2-8,10,17-18H,9,11-14H2,1H3/t17-,18+,21-/m0/s1. The average molecular weight is 365 g/mol. The van der Waals surface area contributed by atoms with Crippen molar-refractivity contribution in [3.05, 3.63) is 59.8 Å². The lowest BCUT2D eigenvalue weighted by atomic mass is 10.0. The molecule has 5 rings (SSSR count). The zero-order valence-electron chi connectivity index (χ0n) is 15.4. The number of pyridine rings is 1. The van der Waals surface area contributed by atoms with Crippen molar-refractivity contribution in [2.24, 2.45) is 0 Å². The first-order valence-electron chi connectivity index (χ1n) is 9.46. The predicted molar refractivity (Wildman–Crippen MR) is 98.9 cm³/mol. The fourth-order valence-electron chi connectivity index (χ4n) is 4.99. The molecule has 27 heavy (non-hydrogen) atoms.